The third-order valence-corrected chi connectivity index (χ3v) is 7.91. The van der Waals surface area contributed by atoms with Crippen molar-refractivity contribution >= 4 is 32.9 Å². The number of hydrogen-bond acceptors (Lipinski definition) is 8. The number of sulfonamides is 1. The highest BCUT2D eigenvalue weighted by atomic mass is 32.2. The SMILES string of the molecule is CCOc1cccc2cc(-c3nnc(NC(=O)c4ccc(S(=O)(=O)N(CC)Cc5ccccc5)cc4)o3)oc12. The second-order valence-electron chi connectivity index (χ2n) is 8.53. The first-order chi connectivity index (χ1) is 18.9. The molecular formula is C28H26N4O6S. The van der Waals surface area contributed by atoms with Gasteiger partial charge in [-0.15, -0.1) is 5.10 Å². The van der Waals surface area contributed by atoms with Crippen LogP contribution < -0.4 is 10.1 Å². The smallest absolute Gasteiger partial charge is 0.322 e. The van der Waals surface area contributed by atoms with E-state index in [1.165, 1.54) is 28.6 Å². The molecule has 1 amide bonds. The van der Waals surface area contributed by atoms with Crippen molar-refractivity contribution < 1.29 is 26.8 Å². The first kappa shape index (κ1) is 26.1. The fourth-order valence-corrected chi connectivity index (χ4v) is 5.47. The van der Waals surface area contributed by atoms with Crippen molar-refractivity contribution in [2.24, 2.45) is 0 Å². The number of amides is 1. The monoisotopic (exact) mass is 546 g/mol. The van der Waals surface area contributed by atoms with Crippen molar-refractivity contribution in [3.63, 3.8) is 0 Å². The number of furan rings is 1. The summed E-state index contributed by atoms with van der Waals surface area (Å²) in [4.78, 5) is 12.9. The molecule has 2 aromatic heterocycles. The van der Waals surface area contributed by atoms with Gasteiger partial charge in [0.05, 0.1) is 11.5 Å². The van der Waals surface area contributed by atoms with Crippen LogP contribution in [-0.4, -0.2) is 42.0 Å². The molecular weight excluding hydrogens is 520 g/mol. The van der Waals surface area contributed by atoms with E-state index in [4.69, 9.17) is 13.6 Å². The number of para-hydroxylation sites is 1. The summed E-state index contributed by atoms with van der Waals surface area (Å²) in [6.45, 7) is 4.71. The Labute approximate surface area is 225 Å². The molecule has 0 fully saturated rings. The second-order valence-corrected chi connectivity index (χ2v) is 10.5. The number of benzene rings is 3. The number of nitrogens with one attached hydrogen (secondary N) is 1. The van der Waals surface area contributed by atoms with E-state index >= 15 is 0 Å². The van der Waals surface area contributed by atoms with Crippen LogP contribution in [0.4, 0.5) is 6.01 Å². The Morgan fingerprint density at radius 2 is 1.72 bits per heavy atom. The van der Waals surface area contributed by atoms with Crippen LogP contribution in [0, 0.1) is 0 Å². The summed E-state index contributed by atoms with van der Waals surface area (Å²) in [6, 6.07) is 22.2. The highest BCUT2D eigenvalue weighted by molar-refractivity contribution is 7.89. The molecule has 0 bridgehead atoms. The maximum absolute atomic E-state index is 13.2. The Balaban J connectivity index is 1.28. The molecule has 0 aliphatic rings. The first-order valence-corrected chi connectivity index (χ1v) is 13.8. The zero-order chi connectivity index (χ0) is 27.4. The lowest BCUT2D eigenvalue weighted by Gasteiger charge is -2.20. The predicted molar refractivity (Wildman–Crippen MR) is 145 cm³/mol. The van der Waals surface area contributed by atoms with Gasteiger partial charge in [0.2, 0.25) is 10.0 Å². The summed E-state index contributed by atoms with van der Waals surface area (Å²) >= 11 is 0. The van der Waals surface area contributed by atoms with Crippen LogP contribution in [0.25, 0.3) is 22.6 Å². The summed E-state index contributed by atoms with van der Waals surface area (Å²) in [5, 5.41) is 11.2. The molecule has 0 spiro atoms. The number of rotatable bonds is 10. The van der Waals surface area contributed by atoms with Crippen molar-refractivity contribution in [1.82, 2.24) is 14.5 Å². The van der Waals surface area contributed by atoms with E-state index in [-0.39, 0.29) is 28.9 Å². The van der Waals surface area contributed by atoms with Gasteiger partial charge in [-0.25, -0.2) is 8.42 Å². The molecule has 0 saturated carbocycles. The molecule has 0 aliphatic heterocycles. The summed E-state index contributed by atoms with van der Waals surface area (Å²) in [5.74, 6) is 0.482. The largest absolute Gasteiger partial charge is 0.490 e. The summed E-state index contributed by atoms with van der Waals surface area (Å²) in [6.07, 6.45) is 0. The molecule has 0 radical (unpaired) electrons. The molecule has 5 rings (SSSR count). The van der Waals surface area contributed by atoms with Crippen LogP contribution in [-0.2, 0) is 16.6 Å². The van der Waals surface area contributed by atoms with Gasteiger partial charge in [-0.2, -0.15) is 4.31 Å². The third kappa shape index (κ3) is 5.54. The maximum Gasteiger partial charge on any atom is 0.322 e. The van der Waals surface area contributed by atoms with Gasteiger partial charge in [0.15, 0.2) is 17.1 Å². The van der Waals surface area contributed by atoms with E-state index in [9.17, 15) is 13.2 Å². The molecule has 0 atom stereocenters. The van der Waals surface area contributed by atoms with Gasteiger partial charge in [-0.1, -0.05) is 54.5 Å². The van der Waals surface area contributed by atoms with Gasteiger partial charge in [-0.05, 0) is 48.9 Å². The molecule has 1 N–H and O–H groups in total. The average molecular weight is 547 g/mol. The standard InChI is InChI=1S/C28H26N4O6S/c1-3-32(18-19-9-6-5-7-10-19)39(34,35)22-15-13-20(14-16-22)26(33)29-28-31-30-27(38-28)24-17-21-11-8-12-23(36-4-2)25(21)37-24/h5-17H,3-4,18H2,1-2H3,(H,29,31,33). The van der Waals surface area contributed by atoms with E-state index in [0.29, 0.717) is 30.2 Å². The minimum atomic E-state index is -3.75. The minimum absolute atomic E-state index is 0.0865. The van der Waals surface area contributed by atoms with Crippen LogP contribution in [0.2, 0.25) is 0 Å². The molecule has 11 heteroatoms. The van der Waals surface area contributed by atoms with Gasteiger partial charge in [0, 0.05) is 24.0 Å². The third-order valence-electron chi connectivity index (χ3n) is 5.97. The van der Waals surface area contributed by atoms with Crippen LogP contribution in [0.5, 0.6) is 5.75 Å². The lowest BCUT2D eigenvalue weighted by atomic mass is 10.2. The lowest BCUT2D eigenvalue weighted by Crippen LogP contribution is -2.30. The fourth-order valence-electron chi connectivity index (χ4n) is 4.03. The first-order valence-electron chi connectivity index (χ1n) is 12.3. The van der Waals surface area contributed by atoms with Crippen LogP contribution in [0.1, 0.15) is 29.8 Å². The van der Waals surface area contributed by atoms with E-state index in [1.54, 1.807) is 19.1 Å². The van der Waals surface area contributed by atoms with Crippen molar-refractivity contribution in [2.75, 3.05) is 18.5 Å². The molecule has 10 nitrogen and oxygen atoms in total. The number of aromatic nitrogens is 2. The topological polar surface area (TPSA) is 128 Å². The Morgan fingerprint density at radius 3 is 2.44 bits per heavy atom. The van der Waals surface area contributed by atoms with Crippen molar-refractivity contribution in [1.29, 1.82) is 0 Å². The summed E-state index contributed by atoms with van der Waals surface area (Å²) in [7, 11) is -3.75. The Morgan fingerprint density at radius 1 is 0.949 bits per heavy atom. The van der Waals surface area contributed by atoms with Crippen molar-refractivity contribution in [2.45, 2.75) is 25.3 Å². The summed E-state index contributed by atoms with van der Waals surface area (Å²) in [5.41, 5.74) is 1.67. The Hall–Kier alpha value is -4.48. The van der Waals surface area contributed by atoms with E-state index in [2.05, 4.69) is 15.5 Å². The number of fused-ring (bicyclic) bond motifs is 1. The molecule has 0 aliphatic carbocycles. The number of nitrogens with zero attached hydrogens (tertiary/aromatic N) is 3. The Kier molecular flexibility index (Phi) is 7.44. The normalized spacial score (nSPS) is 11.7. The van der Waals surface area contributed by atoms with Gasteiger partial charge in [-0.3, -0.25) is 10.1 Å². The molecule has 200 valence electrons. The van der Waals surface area contributed by atoms with Crippen molar-refractivity contribution in [3.05, 3.63) is 90.0 Å². The highest BCUT2D eigenvalue weighted by Gasteiger charge is 2.24. The number of carbonyl (C=O) groups is 1. The number of carbonyl (C=O) groups excluding carboxylic acids is 1. The average Bonchev–Trinajstić information content (AvgIpc) is 3.60. The number of anilines is 1. The zero-order valence-electron chi connectivity index (χ0n) is 21.3. The minimum Gasteiger partial charge on any atom is -0.490 e. The lowest BCUT2D eigenvalue weighted by molar-refractivity contribution is 0.102. The van der Waals surface area contributed by atoms with Gasteiger partial charge >= 0.3 is 6.01 Å². The zero-order valence-corrected chi connectivity index (χ0v) is 22.1. The van der Waals surface area contributed by atoms with Crippen LogP contribution >= 0.6 is 0 Å². The molecule has 3 aromatic carbocycles. The molecule has 0 saturated heterocycles. The Bertz CT molecular complexity index is 1700. The van der Waals surface area contributed by atoms with Gasteiger partial charge < -0.3 is 13.6 Å². The quantitative estimate of drug-likeness (QED) is 0.248. The molecule has 2 heterocycles. The van der Waals surface area contributed by atoms with E-state index in [0.717, 1.165) is 10.9 Å². The van der Waals surface area contributed by atoms with Crippen LogP contribution in [0.15, 0.2) is 92.6 Å². The maximum atomic E-state index is 13.2. The molecule has 5 aromatic rings. The molecule has 39 heavy (non-hydrogen) atoms. The van der Waals surface area contributed by atoms with Gasteiger partial charge in [0.25, 0.3) is 11.8 Å². The van der Waals surface area contributed by atoms with Gasteiger partial charge in [0.1, 0.15) is 0 Å². The predicted octanol–water partition coefficient (Wildman–Crippen LogP) is 5.34. The summed E-state index contributed by atoms with van der Waals surface area (Å²) < 4.78 is 44.8. The van der Waals surface area contributed by atoms with E-state index < -0.39 is 15.9 Å². The number of ether oxygens (including phenoxy) is 1. The molecule has 0 unspecified atom stereocenters. The van der Waals surface area contributed by atoms with E-state index in [1.807, 2.05) is 49.4 Å². The highest BCUT2D eigenvalue weighted by Crippen LogP contribution is 2.33. The second kappa shape index (κ2) is 11.1. The van der Waals surface area contributed by atoms with Crippen LogP contribution in [0.3, 0.4) is 0 Å². The number of hydrogen-bond donors (Lipinski definition) is 1. The van der Waals surface area contributed by atoms with Crippen molar-refractivity contribution in [3.8, 4) is 17.4 Å². The fraction of sp³-hybridized carbons (Fsp3) is 0.179.